The van der Waals surface area contributed by atoms with Crippen molar-refractivity contribution in [2.45, 2.75) is 19.3 Å². The van der Waals surface area contributed by atoms with Gasteiger partial charge in [-0.15, -0.1) is 6.58 Å². The lowest BCUT2D eigenvalue weighted by Crippen LogP contribution is -2.42. The van der Waals surface area contributed by atoms with Gasteiger partial charge in [0.2, 0.25) is 5.91 Å². The second-order valence-corrected chi connectivity index (χ2v) is 7.97. The van der Waals surface area contributed by atoms with E-state index in [0.29, 0.717) is 19.0 Å². The van der Waals surface area contributed by atoms with E-state index in [-0.39, 0.29) is 11.7 Å². The highest BCUT2D eigenvalue weighted by atomic mass is 32.2. The van der Waals surface area contributed by atoms with Gasteiger partial charge >= 0.3 is 0 Å². The Kier molecular flexibility index (Phi) is 5.77. The summed E-state index contributed by atoms with van der Waals surface area (Å²) in [6.07, 6.45) is 4.22. The van der Waals surface area contributed by atoms with Crippen LogP contribution in [0.4, 0.5) is 0 Å². The molecule has 0 saturated carbocycles. The SMILES string of the molecule is C=CCS(=O)(=O)CC(=O)N1CCC(Cc2ccccc2)CC1. The number of nitrogens with zero attached hydrogens (tertiary/aromatic N) is 1. The summed E-state index contributed by atoms with van der Waals surface area (Å²) in [7, 11) is -3.35. The van der Waals surface area contributed by atoms with E-state index in [1.165, 1.54) is 11.6 Å². The van der Waals surface area contributed by atoms with Gasteiger partial charge in [0.05, 0.1) is 5.75 Å². The average molecular weight is 321 g/mol. The molecule has 0 unspecified atom stereocenters. The highest BCUT2D eigenvalue weighted by Crippen LogP contribution is 2.21. The molecule has 0 bridgehead atoms. The van der Waals surface area contributed by atoms with Crippen molar-refractivity contribution in [2.24, 2.45) is 5.92 Å². The maximum Gasteiger partial charge on any atom is 0.237 e. The van der Waals surface area contributed by atoms with Gasteiger partial charge in [0, 0.05) is 13.1 Å². The average Bonchev–Trinajstić information content (AvgIpc) is 2.48. The zero-order valence-corrected chi connectivity index (χ0v) is 13.6. The number of likely N-dealkylation sites (tertiary alicyclic amines) is 1. The highest BCUT2D eigenvalue weighted by Gasteiger charge is 2.25. The largest absolute Gasteiger partial charge is 0.342 e. The van der Waals surface area contributed by atoms with Crippen LogP contribution in [0.5, 0.6) is 0 Å². The van der Waals surface area contributed by atoms with E-state index in [2.05, 4.69) is 18.7 Å². The van der Waals surface area contributed by atoms with Crippen LogP contribution in [0, 0.1) is 5.92 Å². The van der Waals surface area contributed by atoms with E-state index in [0.717, 1.165) is 19.3 Å². The van der Waals surface area contributed by atoms with Crippen molar-refractivity contribution >= 4 is 15.7 Å². The van der Waals surface area contributed by atoms with E-state index < -0.39 is 15.6 Å². The fourth-order valence-corrected chi connectivity index (χ4v) is 3.89. The summed E-state index contributed by atoms with van der Waals surface area (Å²) in [6.45, 7) is 4.72. The molecule has 0 N–H and O–H groups in total. The quantitative estimate of drug-likeness (QED) is 0.754. The van der Waals surface area contributed by atoms with Crippen LogP contribution < -0.4 is 0 Å². The van der Waals surface area contributed by atoms with Crippen LogP contribution in [0.3, 0.4) is 0 Å². The van der Waals surface area contributed by atoms with E-state index in [4.69, 9.17) is 0 Å². The zero-order chi connectivity index (χ0) is 16.0. The first-order valence-corrected chi connectivity index (χ1v) is 9.45. The lowest BCUT2D eigenvalue weighted by atomic mass is 9.90. The van der Waals surface area contributed by atoms with Gasteiger partial charge in [-0.3, -0.25) is 4.79 Å². The van der Waals surface area contributed by atoms with Crippen molar-refractivity contribution in [1.29, 1.82) is 0 Å². The number of rotatable bonds is 6. The molecule has 0 aromatic heterocycles. The Hall–Kier alpha value is -1.62. The summed E-state index contributed by atoms with van der Waals surface area (Å²) in [6, 6.07) is 10.3. The summed E-state index contributed by atoms with van der Waals surface area (Å²) in [5.41, 5.74) is 1.32. The smallest absolute Gasteiger partial charge is 0.237 e. The summed E-state index contributed by atoms with van der Waals surface area (Å²) < 4.78 is 23.3. The molecule has 120 valence electrons. The highest BCUT2D eigenvalue weighted by molar-refractivity contribution is 7.92. The van der Waals surface area contributed by atoms with Crippen molar-refractivity contribution in [2.75, 3.05) is 24.6 Å². The molecule has 4 nitrogen and oxygen atoms in total. The number of benzene rings is 1. The molecule has 1 aliphatic rings. The summed E-state index contributed by atoms with van der Waals surface area (Å²) >= 11 is 0. The Bertz CT molecular complexity index is 602. The molecule has 2 rings (SSSR count). The minimum atomic E-state index is -3.35. The molecule has 0 spiro atoms. The molecule has 1 heterocycles. The topological polar surface area (TPSA) is 54.5 Å². The second kappa shape index (κ2) is 7.58. The van der Waals surface area contributed by atoms with Gasteiger partial charge < -0.3 is 4.90 Å². The standard InChI is InChI=1S/C17H23NO3S/c1-2-12-22(20,21)14-17(19)18-10-8-16(9-11-18)13-15-6-4-3-5-7-15/h2-7,16H,1,8-14H2. The molecule has 0 aliphatic carbocycles. The normalized spacial score (nSPS) is 16.5. The van der Waals surface area contributed by atoms with Crippen LogP contribution in [0.1, 0.15) is 18.4 Å². The van der Waals surface area contributed by atoms with E-state index in [1.807, 2.05) is 18.2 Å². The van der Waals surface area contributed by atoms with Crippen molar-refractivity contribution in [1.82, 2.24) is 4.90 Å². The number of hydrogen-bond acceptors (Lipinski definition) is 3. The zero-order valence-electron chi connectivity index (χ0n) is 12.8. The number of carbonyl (C=O) groups excluding carboxylic acids is 1. The van der Waals surface area contributed by atoms with Crippen LogP contribution in [-0.4, -0.2) is 43.8 Å². The number of carbonyl (C=O) groups is 1. The Labute approximate surface area is 132 Å². The van der Waals surface area contributed by atoms with Gasteiger partial charge in [-0.05, 0) is 30.7 Å². The molecule has 1 aromatic rings. The lowest BCUT2D eigenvalue weighted by Gasteiger charge is -2.32. The van der Waals surface area contributed by atoms with Gasteiger partial charge in [0.1, 0.15) is 5.75 Å². The number of amides is 1. The van der Waals surface area contributed by atoms with Gasteiger partial charge in [0.25, 0.3) is 0 Å². The molecule has 1 amide bonds. The van der Waals surface area contributed by atoms with Crippen molar-refractivity contribution in [3.63, 3.8) is 0 Å². The number of piperidine rings is 1. The van der Waals surface area contributed by atoms with Crippen molar-refractivity contribution in [3.8, 4) is 0 Å². The molecule has 1 aliphatic heterocycles. The fourth-order valence-electron chi connectivity index (χ4n) is 2.85. The fraction of sp³-hybridized carbons (Fsp3) is 0.471. The molecule has 1 saturated heterocycles. The molecule has 1 aromatic carbocycles. The summed E-state index contributed by atoms with van der Waals surface area (Å²) in [4.78, 5) is 13.7. The van der Waals surface area contributed by atoms with Crippen molar-refractivity contribution in [3.05, 3.63) is 48.6 Å². The molecule has 1 fully saturated rings. The van der Waals surface area contributed by atoms with Gasteiger partial charge in [-0.1, -0.05) is 36.4 Å². The minimum Gasteiger partial charge on any atom is -0.342 e. The number of hydrogen-bond donors (Lipinski definition) is 0. The third-order valence-electron chi connectivity index (χ3n) is 4.05. The van der Waals surface area contributed by atoms with Gasteiger partial charge in [-0.25, -0.2) is 8.42 Å². The molecular formula is C17H23NO3S. The third-order valence-corrected chi connectivity index (χ3v) is 5.48. The Morgan fingerprint density at radius 1 is 1.23 bits per heavy atom. The second-order valence-electron chi connectivity index (χ2n) is 5.86. The lowest BCUT2D eigenvalue weighted by molar-refractivity contribution is -0.129. The van der Waals surface area contributed by atoms with Crippen LogP contribution in [0.25, 0.3) is 0 Å². The Morgan fingerprint density at radius 2 is 1.86 bits per heavy atom. The molecule has 0 atom stereocenters. The van der Waals surface area contributed by atoms with Crippen LogP contribution in [0.15, 0.2) is 43.0 Å². The summed E-state index contributed by atoms with van der Waals surface area (Å²) in [5, 5.41) is 0. The van der Waals surface area contributed by atoms with E-state index >= 15 is 0 Å². The maximum absolute atomic E-state index is 12.1. The molecule has 0 radical (unpaired) electrons. The Balaban J connectivity index is 1.82. The van der Waals surface area contributed by atoms with Crippen LogP contribution in [-0.2, 0) is 21.1 Å². The minimum absolute atomic E-state index is 0.136. The van der Waals surface area contributed by atoms with Crippen LogP contribution in [0.2, 0.25) is 0 Å². The first-order chi connectivity index (χ1) is 10.5. The first kappa shape index (κ1) is 16.7. The first-order valence-electron chi connectivity index (χ1n) is 7.63. The molecule has 22 heavy (non-hydrogen) atoms. The predicted molar refractivity (Wildman–Crippen MR) is 88.3 cm³/mol. The predicted octanol–water partition coefficient (Wildman–Crippen LogP) is 2.07. The van der Waals surface area contributed by atoms with E-state index in [9.17, 15) is 13.2 Å². The van der Waals surface area contributed by atoms with Crippen LogP contribution >= 0.6 is 0 Å². The molecular weight excluding hydrogens is 298 g/mol. The Morgan fingerprint density at radius 3 is 2.45 bits per heavy atom. The number of sulfone groups is 1. The summed E-state index contributed by atoms with van der Waals surface area (Å²) in [5.74, 6) is -0.248. The van der Waals surface area contributed by atoms with E-state index in [1.54, 1.807) is 4.90 Å². The third kappa shape index (κ3) is 4.98. The van der Waals surface area contributed by atoms with Gasteiger partial charge in [-0.2, -0.15) is 0 Å². The molecule has 5 heteroatoms. The van der Waals surface area contributed by atoms with Gasteiger partial charge in [0.15, 0.2) is 9.84 Å². The van der Waals surface area contributed by atoms with Crippen molar-refractivity contribution < 1.29 is 13.2 Å². The maximum atomic E-state index is 12.1. The monoisotopic (exact) mass is 321 g/mol.